The smallest absolute Gasteiger partial charge is 0.280 e. The van der Waals surface area contributed by atoms with Gasteiger partial charge in [0.2, 0.25) is 0 Å². The summed E-state index contributed by atoms with van der Waals surface area (Å²) in [6.07, 6.45) is 0. The maximum atomic E-state index is 13.1. The van der Waals surface area contributed by atoms with Crippen molar-refractivity contribution in [1.82, 2.24) is 19.6 Å². The Hall–Kier alpha value is -3.05. The molecule has 0 atom stereocenters. The Morgan fingerprint density at radius 2 is 1.65 bits per heavy atom. The van der Waals surface area contributed by atoms with E-state index in [0.29, 0.717) is 10.6 Å². The average molecular weight is 365 g/mol. The fourth-order valence-corrected chi connectivity index (χ4v) is 3.19. The Kier molecular flexibility index (Phi) is 4.01. The van der Waals surface area contributed by atoms with Gasteiger partial charge < -0.3 is 0 Å². The van der Waals surface area contributed by atoms with Gasteiger partial charge in [0, 0.05) is 10.7 Å². The van der Waals surface area contributed by atoms with E-state index in [9.17, 15) is 4.79 Å². The Morgan fingerprint density at radius 1 is 0.962 bits per heavy atom. The maximum absolute atomic E-state index is 13.1. The van der Waals surface area contributed by atoms with Gasteiger partial charge >= 0.3 is 0 Å². The number of H-pyrrole nitrogens is 1. The van der Waals surface area contributed by atoms with Crippen LogP contribution in [-0.2, 0) is 0 Å². The second-order valence-corrected chi connectivity index (χ2v) is 6.58. The lowest BCUT2D eigenvalue weighted by atomic mass is 10.1. The molecule has 0 saturated carbocycles. The summed E-state index contributed by atoms with van der Waals surface area (Å²) in [6.45, 7) is 3.80. The summed E-state index contributed by atoms with van der Waals surface area (Å²) in [5.41, 5.74) is 4.51. The first-order valence-electron chi connectivity index (χ1n) is 8.24. The molecule has 0 aliphatic heterocycles. The highest BCUT2D eigenvalue weighted by Crippen LogP contribution is 2.25. The second-order valence-electron chi connectivity index (χ2n) is 6.15. The molecule has 1 N–H and O–H groups in total. The predicted molar refractivity (Wildman–Crippen MR) is 103 cm³/mol. The van der Waals surface area contributed by atoms with Crippen molar-refractivity contribution in [2.45, 2.75) is 13.8 Å². The number of halogens is 1. The monoisotopic (exact) mass is 364 g/mol. The molecular weight excluding hydrogens is 348 g/mol. The first-order chi connectivity index (χ1) is 12.5. The SMILES string of the molecule is Cc1cc(-c2c(C)[nH]n(-c3ccccc3)c2=O)n(-c2ccc(Cl)cc2)n1. The normalized spacial score (nSPS) is 11.0. The number of aromatic nitrogens is 4. The molecule has 0 radical (unpaired) electrons. The van der Waals surface area contributed by atoms with Crippen LogP contribution in [-0.4, -0.2) is 19.6 Å². The number of aryl methyl sites for hydroxylation is 2. The van der Waals surface area contributed by atoms with E-state index in [1.807, 2.05) is 74.5 Å². The third-order valence-corrected chi connectivity index (χ3v) is 4.50. The van der Waals surface area contributed by atoms with E-state index in [4.69, 9.17) is 11.6 Å². The molecule has 0 bridgehead atoms. The molecule has 2 aromatic carbocycles. The molecule has 6 heteroatoms. The number of aromatic amines is 1. The minimum atomic E-state index is -0.108. The molecule has 2 aromatic heterocycles. The minimum Gasteiger partial charge on any atom is -0.295 e. The van der Waals surface area contributed by atoms with Gasteiger partial charge in [-0.3, -0.25) is 9.89 Å². The topological polar surface area (TPSA) is 55.6 Å². The largest absolute Gasteiger partial charge is 0.295 e. The van der Waals surface area contributed by atoms with Gasteiger partial charge in [-0.25, -0.2) is 9.36 Å². The van der Waals surface area contributed by atoms with Crippen molar-refractivity contribution in [3.8, 4) is 22.6 Å². The van der Waals surface area contributed by atoms with Crippen LogP contribution >= 0.6 is 11.6 Å². The van der Waals surface area contributed by atoms with E-state index < -0.39 is 0 Å². The van der Waals surface area contributed by atoms with Gasteiger partial charge in [-0.05, 0) is 56.3 Å². The highest BCUT2D eigenvalue weighted by molar-refractivity contribution is 6.30. The molecule has 4 aromatic rings. The van der Waals surface area contributed by atoms with Crippen molar-refractivity contribution in [2.75, 3.05) is 0 Å². The van der Waals surface area contributed by atoms with Crippen molar-refractivity contribution in [3.05, 3.63) is 87.4 Å². The Labute approximate surface area is 155 Å². The molecule has 0 aliphatic rings. The highest BCUT2D eigenvalue weighted by Gasteiger charge is 2.19. The van der Waals surface area contributed by atoms with Crippen LogP contribution in [0.4, 0.5) is 0 Å². The molecule has 4 rings (SSSR count). The van der Waals surface area contributed by atoms with Crippen molar-refractivity contribution in [2.24, 2.45) is 0 Å². The standard InChI is InChI=1S/C20H17ClN4O/c1-13-12-18(24(22-13)17-10-8-15(21)9-11-17)19-14(2)23-25(20(19)26)16-6-4-3-5-7-16/h3-12,23H,1-2H3. The zero-order valence-electron chi connectivity index (χ0n) is 14.4. The molecular formula is C20H17ClN4O. The lowest BCUT2D eigenvalue weighted by Crippen LogP contribution is -2.16. The first-order valence-corrected chi connectivity index (χ1v) is 8.62. The molecule has 0 unspecified atom stereocenters. The Bertz CT molecular complexity index is 1120. The van der Waals surface area contributed by atoms with E-state index in [2.05, 4.69) is 10.2 Å². The van der Waals surface area contributed by atoms with Crippen LogP contribution in [0.1, 0.15) is 11.4 Å². The number of para-hydroxylation sites is 1. The highest BCUT2D eigenvalue weighted by atomic mass is 35.5. The van der Waals surface area contributed by atoms with E-state index in [0.717, 1.165) is 28.5 Å². The van der Waals surface area contributed by atoms with Crippen LogP contribution < -0.4 is 5.56 Å². The summed E-state index contributed by atoms with van der Waals surface area (Å²) >= 11 is 5.99. The van der Waals surface area contributed by atoms with Crippen LogP contribution in [0.5, 0.6) is 0 Å². The average Bonchev–Trinajstić information content (AvgIpc) is 3.15. The maximum Gasteiger partial charge on any atom is 0.280 e. The molecule has 0 spiro atoms. The quantitative estimate of drug-likeness (QED) is 0.589. The van der Waals surface area contributed by atoms with Gasteiger partial charge in [-0.1, -0.05) is 29.8 Å². The first kappa shape index (κ1) is 16.4. The van der Waals surface area contributed by atoms with E-state index in [1.54, 1.807) is 9.36 Å². The molecule has 0 amide bonds. The summed E-state index contributed by atoms with van der Waals surface area (Å²) < 4.78 is 3.33. The predicted octanol–water partition coefficient (Wildman–Crippen LogP) is 4.29. The zero-order valence-corrected chi connectivity index (χ0v) is 15.2. The van der Waals surface area contributed by atoms with Crippen LogP contribution in [0.15, 0.2) is 65.5 Å². The van der Waals surface area contributed by atoms with Crippen LogP contribution in [0.2, 0.25) is 5.02 Å². The van der Waals surface area contributed by atoms with Gasteiger partial charge in [-0.2, -0.15) is 5.10 Å². The molecule has 130 valence electrons. The number of nitrogens with one attached hydrogen (secondary N) is 1. The van der Waals surface area contributed by atoms with Crippen LogP contribution in [0, 0.1) is 13.8 Å². The van der Waals surface area contributed by atoms with E-state index >= 15 is 0 Å². The van der Waals surface area contributed by atoms with Gasteiger partial charge in [0.1, 0.15) is 0 Å². The zero-order chi connectivity index (χ0) is 18.3. The van der Waals surface area contributed by atoms with Gasteiger partial charge in [0.15, 0.2) is 0 Å². The molecule has 5 nitrogen and oxygen atoms in total. The van der Waals surface area contributed by atoms with E-state index in [1.165, 1.54) is 0 Å². The number of hydrogen-bond acceptors (Lipinski definition) is 2. The number of benzene rings is 2. The van der Waals surface area contributed by atoms with Crippen molar-refractivity contribution in [3.63, 3.8) is 0 Å². The fraction of sp³-hybridized carbons (Fsp3) is 0.100. The fourth-order valence-electron chi connectivity index (χ4n) is 3.06. The molecule has 0 aliphatic carbocycles. The lowest BCUT2D eigenvalue weighted by molar-refractivity contribution is 0.835. The number of hydrogen-bond donors (Lipinski definition) is 1. The summed E-state index contributed by atoms with van der Waals surface area (Å²) in [4.78, 5) is 13.1. The van der Waals surface area contributed by atoms with Gasteiger partial charge in [0.05, 0.1) is 28.3 Å². The Balaban J connectivity index is 1.91. The molecule has 2 heterocycles. The van der Waals surface area contributed by atoms with Gasteiger partial charge in [0.25, 0.3) is 5.56 Å². The van der Waals surface area contributed by atoms with Crippen molar-refractivity contribution >= 4 is 11.6 Å². The minimum absolute atomic E-state index is 0.108. The lowest BCUT2D eigenvalue weighted by Gasteiger charge is -2.06. The third-order valence-electron chi connectivity index (χ3n) is 4.24. The van der Waals surface area contributed by atoms with Crippen molar-refractivity contribution in [1.29, 1.82) is 0 Å². The van der Waals surface area contributed by atoms with Crippen molar-refractivity contribution < 1.29 is 0 Å². The molecule has 0 fully saturated rings. The summed E-state index contributed by atoms with van der Waals surface area (Å²) in [6, 6.07) is 18.8. The third kappa shape index (κ3) is 2.76. The molecule has 26 heavy (non-hydrogen) atoms. The second kappa shape index (κ2) is 6.35. The summed E-state index contributed by atoms with van der Waals surface area (Å²) in [7, 11) is 0. The number of nitrogens with zero attached hydrogens (tertiary/aromatic N) is 3. The van der Waals surface area contributed by atoms with E-state index in [-0.39, 0.29) is 5.56 Å². The van der Waals surface area contributed by atoms with Crippen LogP contribution in [0.25, 0.3) is 22.6 Å². The Morgan fingerprint density at radius 3 is 2.35 bits per heavy atom. The van der Waals surface area contributed by atoms with Gasteiger partial charge in [-0.15, -0.1) is 0 Å². The molecule has 0 saturated heterocycles. The van der Waals surface area contributed by atoms with Crippen LogP contribution in [0.3, 0.4) is 0 Å². The summed E-state index contributed by atoms with van der Waals surface area (Å²) in [5.74, 6) is 0. The summed E-state index contributed by atoms with van der Waals surface area (Å²) in [5, 5.41) is 8.39. The number of rotatable bonds is 3.